The zero-order valence-corrected chi connectivity index (χ0v) is 8.55. The highest BCUT2D eigenvalue weighted by molar-refractivity contribution is 5.97. The average molecular weight is 215 g/mol. The van der Waals surface area contributed by atoms with E-state index in [0.29, 0.717) is 11.5 Å². The molecule has 0 saturated heterocycles. The lowest BCUT2D eigenvalue weighted by Crippen LogP contribution is -1.92. The summed E-state index contributed by atoms with van der Waals surface area (Å²) in [5.41, 5.74) is 8.05. The Morgan fingerprint density at radius 1 is 1.38 bits per heavy atom. The molecule has 0 aliphatic carbocycles. The molecular formula is C9H9N7. The van der Waals surface area contributed by atoms with Gasteiger partial charge in [0.15, 0.2) is 5.65 Å². The maximum atomic E-state index is 5.81. The second kappa shape index (κ2) is 3.02. The van der Waals surface area contributed by atoms with Crippen LogP contribution in [0.5, 0.6) is 0 Å². The second-order valence-corrected chi connectivity index (χ2v) is 3.46. The SMILES string of the molecule is Cn1cc(-c2n[nH]c3ncnc(N)c23)cn1. The predicted molar refractivity (Wildman–Crippen MR) is 58.3 cm³/mol. The van der Waals surface area contributed by atoms with E-state index in [0.717, 1.165) is 16.6 Å². The summed E-state index contributed by atoms with van der Waals surface area (Å²) in [4.78, 5) is 8.01. The molecule has 0 bridgehead atoms. The van der Waals surface area contributed by atoms with Gasteiger partial charge in [-0.25, -0.2) is 9.97 Å². The highest BCUT2D eigenvalue weighted by atomic mass is 15.2. The third-order valence-electron chi connectivity index (χ3n) is 2.37. The molecule has 3 rings (SSSR count). The van der Waals surface area contributed by atoms with E-state index in [9.17, 15) is 0 Å². The van der Waals surface area contributed by atoms with E-state index in [1.54, 1.807) is 10.9 Å². The van der Waals surface area contributed by atoms with Crippen molar-refractivity contribution in [1.29, 1.82) is 0 Å². The fourth-order valence-electron chi connectivity index (χ4n) is 1.63. The Morgan fingerprint density at radius 3 is 3.00 bits per heavy atom. The summed E-state index contributed by atoms with van der Waals surface area (Å²) in [5, 5.41) is 11.8. The first kappa shape index (κ1) is 8.84. The van der Waals surface area contributed by atoms with Crippen LogP contribution in [0.2, 0.25) is 0 Å². The lowest BCUT2D eigenvalue weighted by Gasteiger charge is -1.95. The predicted octanol–water partition coefficient (Wildman–Crippen LogP) is 0.336. The lowest BCUT2D eigenvalue weighted by molar-refractivity contribution is 0.768. The molecule has 0 radical (unpaired) electrons. The van der Waals surface area contributed by atoms with Gasteiger partial charge in [-0.2, -0.15) is 10.2 Å². The highest BCUT2D eigenvalue weighted by Crippen LogP contribution is 2.27. The van der Waals surface area contributed by atoms with Gasteiger partial charge in [-0.05, 0) is 0 Å². The van der Waals surface area contributed by atoms with Crippen molar-refractivity contribution in [1.82, 2.24) is 29.9 Å². The largest absolute Gasteiger partial charge is 0.383 e. The number of nitrogen functional groups attached to an aromatic ring is 1. The van der Waals surface area contributed by atoms with Gasteiger partial charge in [0.25, 0.3) is 0 Å². The van der Waals surface area contributed by atoms with Gasteiger partial charge in [0.2, 0.25) is 0 Å². The van der Waals surface area contributed by atoms with Crippen LogP contribution in [0.3, 0.4) is 0 Å². The molecule has 0 atom stereocenters. The Bertz CT molecular complexity index is 651. The van der Waals surface area contributed by atoms with Gasteiger partial charge in [0.1, 0.15) is 17.8 Å². The summed E-state index contributed by atoms with van der Waals surface area (Å²) >= 11 is 0. The van der Waals surface area contributed by atoms with Crippen molar-refractivity contribution in [2.75, 3.05) is 5.73 Å². The number of rotatable bonds is 1. The Morgan fingerprint density at radius 2 is 2.25 bits per heavy atom. The third kappa shape index (κ3) is 1.14. The fraction of sp³-hybridized carbons (Fsp3) is 0.111. The summed E-state index contributed by atoms with van der Waals surface area (Å²) in [6.45, 7) is 0. The Labute approximate surface area is 90.3 Å². The van der Waals surface area contributed by atoms with Crippen LogP contribution >= 0.6 is 0 Å². The molecule has 0 spiro atoms. The second-order valence-electron chi connectivity index (χ2n) is 3.46. The maximum Gasteiger partial charge on any atom is 0.161 e. The molecule has 3 heterocycles. The maximum absolute atomic E-state index is 5.81. The molecule has 16 heavy (non-hydrogen) atoms. The van der Waals surface area contributed by atoms with Crippen LogP contribution in [0.25, 0.3) is 22.3 Å². The highest BCUT2D eigenvalue weighted by Gasteiger charge is 2.13. The molecule has 0 aliphatic heterocycles. The zero-order chi connectivity index (χ0) is 11.1. The van der Waals surface area contributed by atoms with Crippen LogP contribution in [0.1, 0.15) is 0 Å². The number of aromatic amines is 1. The van der Waals surface area contributed by atoms with Crippen molar-refractivity contribution < 1.29 is 0 Å². The Hall–Kier alpha value is -2.44. The van der Waals surface area contributed by atoms with Gasteiger partial charge in [0.05, 0.1) is 11.6 Å². The van der Waals surface area contributed by atoms with Crippen LogP contribution in [0.15, 0.2) is 18.7 Å². The molecule has 0 saturated carbocycles. The normalized spacial score (nSPS) is 11.1. The number of hydrogen-bond donors (Lipinski definition) is 2. The first-order valence-corrected chi connectivity index (χ1v) is 4.69. The third-order valence-corrected chi connectivity index (χ3v) is 2.37. The van der Waals surface area contributed by atoms with Crippen molar-refractivity contribution in [3.05, 3.63) is 18.7 Å². The number of anilines is 1. The van der Waals surface area contributed by atoms with E-state index in [2.05, 4.69) is 25.3 Å². The first-order valence-electron chi connectivity index (χ1n) is 4.69. The van der Waals surface area contributed by atoms with Crippen molar-refractivity contribution in [3.63, 3.8) is 0 Å². The van der Waals surface area contributed by atoms with Gasteiger partial charge in [-0.15, -0.1) is 0 Å². The average Bonchev–Trinajstić information content (AvgIpc) is 2.84. The molecule has 7 nitrogen and oxygen atoms in total. The van der Waals surface area contributed by atoms with Crippen molar-refractivity contribution in [3.8, 4) is 11.3 Å². The van der Waals surface area contributed by atoms with Crippen LogP contribution in [-0.2, 0) is 7.05 Å². The molecule has 80 valence electrons. The van der Waals surface area contributed by atoms with Crippen molar-refractivity contribution >= 4 is 16.9 Å². The number of nitrogens with one attached hydrogen (secondary N) is 1. The number of aryl methyl sites for hydroxylation is 1. The molecule has 3 aromatic heterocycles. The minimum Gasteiger partial charge on any atom is -0.383 e. The quantitative estimate of drug-likeness (QED) is 0.609. The summed E-state index contributed by atoms with van der Waals surface area (Å²) in [7, 11) is 1.85. The van der Waals surface area contributed by atoms with Gasteiger partial charge >= 0.3 is 0 Å². The van der Waals surface area contributed by atoms with Gasteiger partial charge in [0, 0.05) is 18.8 Å². The molecule has 0 amide bonds. The van der Waals surface area contributed by atoms with Gasteiger partial charge in [-0.1, -0.05) is 0 Å². The molecule has 3 N–H and O–H groups in total. The van der Waals surface area contributed by atoms with E-state index in [-0.39, 0.29) is 0 Å². The molecule has 0 unspecified atom stereocenters. The van der Waals surface area contributed by atoms with Gasteiger partial charge < -0.3 is 5.73 Å². The number of aromatic nitrogens is 6. The summed E-state index contributed by atoms with van der Waals surface area (Å²) in [5.74, 6) is 0.414. The molecular weight excluding hydrogens is 206 g/mol. The fourth-order valence-corrected chi connectivity index (χ4v) is 1.63. The van der Waals surface area contributed by atoms with Crippen molar-refractivity contribution in [2.45, 2.75) is 0 Å². The number of H-pyrrole nitrogens is 1. The van der Waals surface area contributed by atoms with E-state index in [1.165, 1.54) is 6.33 Å². The molecule has 0 fully saturated rings. The smallest absolute Gasteiger partial charge is 0.161 e. The summed E-state index contributed by atoms with van der Waals surface area (Å²) < 4.78 is 1.70. The van der Waals surface area contributed by atoms with E-state index in [1.807, 2.05) is 13.2 Å². The number of nitrogens with two attached hydrogens (primary N) is 1. The van der Waals surface area contributed by atoms with E-state index in [4.69, 9.17) is 5.73 Å². The first-order chi connectivity index (χ1) is 7.75. The minimum atomic E-state index is 0.414. The van der Waals surface area contributed by atoms with Crippen LogP contribution in [0.4, 0.5) is 5.82 Å². The van der Waals surface area contributed by atoms with Crippen LogP contribution in [0, 0.1) is 0 Å². The molecule has 0 aromatic carbocycles. The monoisotopic (exact) mass is 215 g/mol. The van der Waals surface area contributed by atoms with E-state index >= 15 is 0 Å². The van der Waals surface area contributed by atoms with Gasteiger partial charge in [-0.3, -0.25) is 9.78 Å². The number of nitrogens with zero attached hydrogens (tertiary/aromatic N) is 5. The molecule has 7 heteroatoms. The zero-order valence-electron chi connectivity index (χ0n) is 8.55. The van der Waals surface area contributed by atoms with Crippen LogP contribution < -0.4 is 5.73 Å². The number of hydrogen-bond acceptors (Lipinski definition) is 5. The van der Waals surface area contributed by atoms with Crippen molar-refractivity contribution in [2.24, 2.45) is 7.05 Å². The topological polar surface area (TPSA) is 98.3 Å². The molecule has 0 aliphatic rings. The van der Waals surface area contributed by atoms with Crippen LogP contribution in [-0.4, -0.2) is 29.9 Å². The summed E-state index contributed by atoms with van der Waals surface area (Å²) in [6.07, 6.45) is 4.99. The number of fused-ring (bicyclic) bond motifs is 1. The minimum absolute atomic E-state index is 0.414. The summed E-state index contributed by atoms with van der Waals surface area (Å²) in [6, 6.07) is 0. The molecule has 3 aromatic rings. The lowest BCUT2D eigenvalue weighted by atomic mass is 10.2. The Kier molecular flexibility index (Phi) is 1.67. The standard InChI is InChI=1S/C9H9N7/c1-16-3-5(2-13-16)7-6-8(10)11-4-12-9(6)15-14-7/h2-4H,1H3,(H3,10,11,12,14,15). The van der Waals surface area contributed by atoms with E-state index < -0.39 is 0 Å². The Balaban J connectivity index is 2.32.